The van der Waals surface area contributed by atoms with Gasteiger partial charge in [-0.1, -0.05) is 212 Å². The van der Waals surface area contributed by atoms with E-state index in [1.54, 1.807) is 0 Å². The molecule has 0 aromatic carbocycles. The maximum Gasteiger partial charge on any atom is 0.306 e. The molecule has 6 heteroatoms. The number of carbonyl (C=O) groups is 2. The Morgan fingerprint density at radius 1 is 0.518 bits per heavy atom. The van der Waals surface area contributed by atoms with Crippen molar-refractivity contribution in [1.29, 1.82) is 0 Å². The van der Waals surface area contributed by atoms with Gasteiger partial charge in [0.1, 0.15) is 6.10 Å². The topological polar surface area (TPSA) is 95.9 Å². The minimum absolute atomic E-state index is 0.0727. The van der Waals surface area contributed by atoms with Gasteiger partial charge in [0.15, 0.2) is 0 Å². The molecule has 0 spiro atoms. The monoisotopic (exact) mass is 790 g/mol. The number of ether oxygens (including phenoxy) is 1. The molecule has 330 valence electrons. The summed E-state index contributed by atoms with van der Waals surface area (Å²) in [7, 11) is 0. The average molecular weight is 790 g/mol. The second-order valence-corrected chi connectivity index (χ2v) is 16.9. The Morgan fingerprint density at radius 3 is 1.39 bits per heavy atom. The standard InChI is InChI=1S/C50H95NO5/c1-4-7-10-13-16-19-21-23-24-26-27-30-32-35-38-41-46(56-50(55)43-40-37-34-29-18-15-12-9-6-3)44-49(54)51-47(45-52)48(53)42-39-36-33-31-28-25-22-20-17-14-11-8-5-2/h16,19,23-24,46-48,52-53H,4-15,17-18,20-22,25-45H2,1-3H3,(H,51,54)/b19-16-,24-23-. The second kappa shape index (κ2) is 44.4. The van der Waals surface area contributed by atoms with Gasteiger partial charge in [-0.15, -0.1) is 0 Å². The molecule has 1 amide bonds. The third kappa shape index (κ3) is 39.2. The lowest BCUT2D eigenvalue weighted by Gasteiger charge is -2.24. The highest BCUT2D eigenvalue weighted by Crippen LogP contribution is 2.18. The Bertz CT molecular complexity index is 889. The van der Waals surface area contributed by atoms with Crippen LogP contribution >= 0.6 is 0 Å². The van der Waals surface area contributed by atoms with E-state index in [1.165, 1.54) is 148 Å². The molecular weight excluding hydrogens is 695 g/mol. The zero-order valence-electron chi connectivity index (χ0n) is 37.5. The number of hydrogen-bond donors (Lipinski definition) is 3. The first-order chi connectivity index (χ1) is 27.5. The van der Waals surface area contributed by atoms with Crippen LogP contribution in [0.2, 0.25) is 0 Å². The summed E-state index contributed by atoms with van der Waals surface area (Å²) >= 11 is 0. The van der Waals surface area contributed by atoms with Crippen molar-refractivity contribution in [3.05, 3.63) is 24.3 Å². The van der Waals surface area contributed by atoms with E-state index in [0.717, 1.165) is 64.2 Å². The highest BCUT2D eigenvalue weighted by atomic mass is 16.5. The van der Waals surface area contributed by atoms with Crippen LogP contribution in [0.5, 0.6) is 0 Å². The van der Waals surface area contributed by atoms with Gasteiger partial charge in [0, 0.05) is 6.42 Å². The van der Waals surface area contributed by atoms with Crippen molar-refractivity contribution in [1.82, 2.24) is 5.32 Å². The lowest BCUT2D eigenvalue weighted by Crippen LogP contribution is -2.46. The number of aliphatic hydroxyl groups is 2. The van der Waals surface area contributed by atoms with Gasteiger partial charge in [-0.05, 0) is 57.8 Å². The number of allylic oxidation sites excluding steroid dienone is 4. The van der Waals surface area contributed by atoms with Crippen molar-refractivity contribution in [2.24, 2.45) is 0 Å². The van der Waals surface area contributed by atoms with Crippen molar-refractivity contribution >= 4 is 11.9 Å². The van der Waals surface area contributed by atoms with Gasteiger partial charge in [0.25, 0.3) is 0 Å². The van der Waals surface area contributed by atoms with Crippen LogP contribution in [0.4, 0.5) is 0 Å². The molecule has 56 heavy (non-hydrogen) atoms. The summed E-state index contributed by atoms with van der Waals surface area (Å²) in [5, 5.41) is 23.7. The summed E-state index contributed by atoms with van der Waals surface area (Å²) in [4.78, 5) is 26.0. The third-order valence-electron chi connectivity index (χ3n) is 11.3. The lowest BCUT2D eigenvalue weighted by atomic mass is 10.0. The zero-order chi connectivity index (χ0) is 41.0. The zero-order valence-corrected chi connectivity index (χ0v) is 37.5. The quantitative estimate of drug-likeness (QED) is 0.0324. The lowest BCUT2D eigenvalue weighted by molar-refractivity contribution is -0.151. The molecule has 0 aromatic rings. The fraction of sp³-hybridized carbons (Fsp3) is 0.880. The van der Waals surface area contributed by atoms with Crippen LogP contribution in [-0.4, -0.2) is 46.9 Å². The summed E-state index contributed by atoms with van der Waals surface area (Å²) < 4.78 is 5.90. The number of unbranched alkanes of at least 4 members (excludes halogenated alkanes) is 28. The summed E-state index contributed by atoms with van der Waals surface area (Å²) in [6.07, 6.45) is 49.5. The van der Waals surface area contributed by atoms with E-state index in [9.17, 15) is 19.8 Å². The van der Waals surface area contributed by atoms with Crippen LogP contribution in [0.25, 0.3) is 0 Å². The van der Waals surface area contributed by atoms with E-state index >= 15 is 0 Å². The molecule has 0 saturated heterocycles. The minimum Gasteiger partial charge on any atom is -0.462 e. The summed E-state index contributed by atoms with van der Waals surface area (Å²) in [5.74, 6) is -0.480. The predicted molar refractivity (Wildman–Crippen MR) is 241 cm³/mol. The number of amides is 1. The van der Waals surface area contributed by atoms with E-state index in [0.29, 0.717) is 19.3 Å². The Morgan fingerprint density at radius 2 is 0.911 bits per heavy atom. The molecular formula is C50H95NO5. The van der Waals surface area contributed by atoms with Gasteiger partial charge in [-0.3, -0.25) is 9.59 Å². The Labute approximate surface area is 348 Å². The molecule has 0 rings (SSSR count). The molecule has 0 aliphatic heterocycles. The maximum atomic E-state index is 13.1. The normalized spacial score (nSPS) is 13.4. The Hall–Kier alpha value is -1.66. The third-order valence-corrected chi connectivity index (χ3v) is 11.3. The van der Waals surface area contributed by atoms with E-state index < -0.39 is 18.2 Å². The molecule has 6 nitrogen and oxygen atoms in total. The Kier molecular flexibility index (Phi) is 43.1. The molecule has 3 unspecified atom stereocenters. The molecule has 0 saturated carbocycles. The highest BCUT2D eigenvalue weighted by Gasteiger charge is 2.24. The van der Waals surface area contributed by atoms with Crippen molar-refractivity contribution in [2.75, 3.05) is 6.61 Å². The number of rotatable bonds is 44. The minimum atomic E-state index is -0.786. The number of nitrogens with one attached hydrogen (secondary N) is 1. The van der Waals surface area contributed by atoms with Gasteiger partial charge >= 0.3 is 5.97 Å². The SMILES string of the molecule is CCCCC/C=C\C/C=C\CCCCCCCC(CC(=O)NC(CO)C(O)CCCCCCCCCCCCCCC)OC(=O)CCCCCCCCCCC. The number of carbonyl (C=O) groups excluding carboxylic acids is 2. The molecule has 3 N–H and O–H groups in total. The van der Waals surface area contributed by atoms with Crippen LogP contribution in [0.3, 0.4) is 0 Å². The molecule has 3 atom stereocenters. The number of esters is 1. The van der Waals surface area contributed by atoms with Gasteiger partial charge in [-0.25, -0.2) is 0 Å². The number of aliphatic hydroxyl groups excluding tert-OH is 2. The summed E-state index contributed by atoms with van der Waals surface area (Å²) in [6, 6.07) is -0.700. The Balaban J connectivity index is 4.56. The number of hydrogen-bond acceptors (Lipinski definition) is 5. The first-order valence-electron chi connectivity index (χ1n) is 24.6. The van der Waals surface area contributed by atoms with Crippen molar-refractivity contribution in [3.63, 3.8) is 0 Å². The summed E-state index contributed by atoms with van der Waals surface area (Å²) in [6.45, 7) is 6.44. The molecule has 0 bridgehead atoms. The van der Waals surface area contributed by atoms with E-state index in [4.69, 9.17) is 4.74 Å². The molecule has 0 aliphatic carbocycles. The van der Waals surface area contributed by atoms with Gasteiger partial charge in [0.05, 0.1) is 25.2 Å². The summed E-state index contributed by atoms with van der Waals surface area (Å²) in [5.41, 5.74) is 0. The van der Waals surface area contributed by atoms with Crippen LogP contribution in [-0.2, 0) is 14.3 Å². The van der Waals surface area contributed by atoms with E-state index in [-0.39, 0.29) is 24.9 Å². The van der Waals surface area contributed by atoms with E-state index in [1.807, 2.05) is 0 Å². The van der Waals surface area contributed by atoms with Crippen molar-refractivity contribution in [2.45, 2.75) is 277 Å². The average Bonchev–Trinajstić information content (AvgIpc) is 3.19. The van der Waals surface area contributed by atoms with Gasteiger partial charge in [-0.2, -0.15) is 0 Å². The fourth-order valence-corrected chi connectivity index (χ4v) is 7.52. The van der Waals surface area contributed by atoms with E-state index in [2.05, 4.69) is 50.4 Å². The van der Waals surface area contributed by atoms with Gasteiger partial charge in [0.2, 0.25) is 5.91 Å². The molecule has 0 radical (unpaired) electrons. The van der Waals surface area contributed by atoms with Crippen molar-refractivity contribution in [3.8, 4) is 0 Å². The fourth-order valence-electron chi connectivity index (χ4n) is 7.52. The first-order valence-corrected chi connectivity index (χ1v) is 24.6. The predicted octanol–water partition coefficient (Wildman–Crippen LogP) is 14.3. The molecule has 0 aromatic heterocycles. The van der Waals surface area contributed by atoms with Gasteiger partial charge < -0.3 is 20.3 Å². The first kappa shape index (κ1) is 54.3. The van der Waals surface area contributed by atoms with Crippen LogP contribution in [0, 0.1) is 0 Å². The maximum absolute atomic E-state index is 13.1. The largest absolute Gasteiger partial charge is 0.462 e. The van der Waals surface area contributed by atoms with Crippen molar-refractivity contribution < 1.29 is 24.5 Å². The van der Waals surface area contributed by atoms with Crippen LogP contribution in [0.1, 0.15) is 258 Å². The highest BCUT2D eigenvalue weighted by molar-refractivity contribution is 5.77. The molecule has 0 heterocycles. The van der Waals surface area contributed by atoms with Crippen LogP contribution in [0.15, 0.2) is 24.3 Å². The molecule has 0 aliphatic rings. The second-order valence-electron chi connectivity index (χ2n) is 16.9. The molecule has 0 fully saturated rings. The smallest absolute Gasteiger partial charge is 0.306 e. The van der Waals surface area contributed by atoms with Crippen LogP contribution < -0.4 is 5.32 Å².